The Morgan fingerprint density at radius 2 is 1.70 bits per heavy atom. The molecular weight excluding hydrogens is 456 g/mol. The van der Waals surface area contributed by atoms with E-state index in [2.05, 4.69) is 15.0 Å². The standard InChI is InChI=1S/C18H16F3N5.C2HF3O2/c19-12-8-14(21)13(20)7-11(12)10-3-6-26(9-15(10)22)17-2-1-16-18(25-17)24-5-4-23-16;3-2(4,5)1(6)7/h1-2,4-5,7-8,10,15H,3,6,9,22H2;(H,6,7)/t10-,15+;/m1./s1. The molecule has 1 fully saturated rings. The molecule has 0 aliphatic carbocycles. The minimum absolute atomic E-state index is 0.119. The van der Waals surface area contributed by atoms with Crippen molar-refractivity contribution in [1.29, 1.82) is 0 Å². The predicted molar refractivity (Wildman–Crippen MR) is 105 cm³/mol. The number of pyridine rings is 1. The molecule has 0 saturated carbocycles. The second kappa shape index (κ2) is 9.57. The summed E-state index contributed by atoms with van der Waals surface area (Å²) in [5, 5.41) is 7.12. The number of benzene rings is 1. The second-order valence-electron chi connectivity index (χ2n) is 7.16. The van der Waals surface area contributed by atoms with Crippen LogP contribution >= 0.6 is 0 Å². The lowest BCUT2D eigenvalue weighted by molar-refractivity contribution is -0.192. The lowest BCUT2D eigenvalue weighted by Gasteiger charge is -2.37. The molecule has 7 nitrogen and oxygen atoms in total. The van der Waals surface area contributed by atoms with Crippen LogP contribution in [0, 0.1) is 17.5 Å². The lowest BCUT2D eigenvalue weighted by Crippen LogP contribution is -2.48. The van der Waals surface area contributed by atoms with Crippen LogP contribution in [0.2, 0.25) is 0 Å². The summed E-state index contributed by atoms with van der Waals surface area (Å²) < 4.78 is 72.5. The van der Waals surface area contributed by atoms with Gasteiger partial charge in [0.25, 0.3) is 0 Å². The highest BCUT2D eigenvalue weighted by Gasteiger charge is 2.38. The van der Waals surface area contributed by atoms with E-state index in [0.29, 0.717) is 42.6 Å². The minimum atomic E-state index is -5.08. The maximum atomic E-state index is 14.1. The van der Waals surface area contributed by atoms with Gasteiger partial charge in [0.05, 0.1) is 0 Å². The largest absolute Gasteiger partial charge is 0.490 e. The molecule has 3 heterocycles. The molecule has 3 N–H and O–H groups in total. The number of nitrogens with zero attached hydrogens (tertiary/aromatic N) is 4. The van der Waals surface area contributed by atoms with Gasteiger partial charge >= 0.3 is 12.1 Å². The second-order valence-corrected chi connectivity index (χ2v) is 7.16. The van der Waals surface area contributed by atoms with Crippen molar-refractivity contribution in [3.8, 4) is 0 Å². The third-order valence-electron chi connectivity index (χ3n) is 4.98. The van der Waals surface area contributed by atoms with E-state index in [0.717, 1.165) is 6.07 Å². The molecule has 0 amide bonds. The molecule has 1 aromatic carbocycles. The fraction of sp³-hybridized carbons (Fsp3) is 0.300. The number of hydrogen-bond donors (Lipinski definition) is 2. The van der Waals surface area contributed by atoms with Crippen molar-refractivity contribution < 1.29 is 36.2 Å². The molecule has 0 spiro atoms. The van der Waals surface area contributed by atoms with Crippen LogP contribution in [0.25, 0.3) is 11.2 Å². The van der Waals surface area contributed by atoms with E-state index in [1.807, 2.05) is 17.0 Å². The van der Waals surface area contributed by atoms with E-state index in [9.17, 15) is 26.3 Å². The number of aromatic nitrogens is 3. The fourth-order valence-electron chi connectivity index (χ4n) is 3.42. The van der Waals surface area contributed by atoms with Crippen LogP contribution in [0.5, 0.6) is 0 Å². The van der Waals surface area contributed by atoms with E-state index in [1.165, 1.54) is 0 Å². The van der Waals surface area contributed by atoms with Crippen LogP contribution in [-0.4, -0.2) is 51.3 Å². The Labute approximate surface area is 182 Å². The molecule has 0 radical (unpaired) electrons. The first kappa shape index (κ1) is 24.2. The van der Waals surface area contributed by atoms with Crippen molar-refractivity contribution in [2.75, 3.05) is 18.0 Å². The quantitative estimate of drug-likeness (QED) is 0.434. The van der Waals surface area contributed by atoms with Crippen molar-refractivity contribution in [3.05, 3.63) is 59.7 Å². The first-order chi connectivity index (χ1) is 15.5. The molecule has 1 saturated heterocycles. The van der Waals surface area contributed by atoms with Crippen LogP contribution in [0.1, 0.15) is 17.9 Å². The molecule has 1 aliphatic rings. The molecule has 1 aliphatic heterocycles. The van der Waals surface area contributed by atoms with Crippen LogP contribution < -0.4 is 10.6 Å². The number of piperidine rings is 1. The number of anilines is 1. The zero-order valence-corrected chi connectivity index (χ0v) is 16.7. The van der Waals surface area contributed by atoms with Gasteiger partial charge in [0.15, 0.2) is 17.3 Å². The predicted octanol–water partition coefficient (Wildman–Crippen LogP) is 3.40. The summed E-state index contributed by atoms with van der Waals surface area (Å²) in [5.74, 6) is -5.46. The summed E-state index contributed by atoms with van der Waals surface area (Å²) in [5.41, 5.74) is 7.58. The average molecular weight is 473 g/mol. The first-order valence-corrected chi connectivity index (χ1v) is 9.50. The number of halogens is 6. The van der Waals surface area contributed by atoms with E-state index in [1.54, 1.807) is 12.4 Å². The van der Waals surface area contributed by atoms with Gasteiger partial charge in [-0.25, -0.2) is 27.9 Å². The van der Waals surface area contributed by atoms with Crippen molar-refractivity contribution in [3.63, 3.8) is 0 Å². The van der Waals surface area contributed by atoms with Gasteiger partial charge in [0.2, 0.25) is 0 Å². The molecule has 2 atom stereocenters. The van der Waals surface area contributed by atoms with Crippen LogP contribution in [0.15, 0.2) is 36.7 Å². The number of fused-ring (bicyclic) bond motifs is 1. The van der Waals surface area contributed by atoms with E-state index in [4.69, 9.17) is 15.6 Å². The van der Waals surface area contributed by atoms with Gasteiger partial charge in [-0.1, -0.05) is 0 Å². The molecule has 0 bridgehead atoms. The maximum absolute atomic E-state index is 14.1. The molecule has 0 unspecified atom stereocenters. The number of carbonyl (C=O) groups is 1. The number of nitrogens with two attached hydrogens (primary N) is 1. The Morgan fingerprint density at radius 1 is 1.06 bits per heavy atom. The molecule has 33 heavy (non-hydrogen) atoms. The number of rotatable bonds is 2. The minimum Gasteiger partial charge on any atom is -0.475 e. The fourth-order valence-corrected chi connectivity index (χ4v) is 3.42. The van der Waals surface area contributed by atoms with Gasteiger partial charge in [-0.05, 0) is 30.2 Å². The van der Waals surface area contributed by atoms with Crippen LogP contribution in [0.4, 0.5) is 32.2 Å². The van der Waals surface area contributed by atoms with Gasteiger partial charge < -0.3 is 15.7 Å². The number of carboxylic acids is 1. The lowest BCUT2D eigenvalue weighted by atomic mass is 9.85. The summed E-state index contributed by atoms with van der Waals surface area (Å²) >= 11 is 0. The Morgan fingerprint density at radius 3 is 2.33 bits per heavy atom. The van der Waals surface area contributed by atoms with Gasteiger partial charge in [0, 0.05) is 43.5 Å². The first-order valence-electron chi connectivity index (χ1n) is 9.50. The maximum Gasteiger partial charge on any atom is 0.490 e. The Kier molecular flexibility index (Phi) is 7.01. The van der Waals surface area contributed by atoms with E-state index >= 15 is 0 Å². The topological polar surface area (TPSA) is 105 Å². The SMILES string of the molecule is N[C@H]1CN(c2ccc3nccnc3n2)CC[C@@H]1c1cc(F)c(F)cc1F.O=C(O)C(F)(F)F. The third kappa shape index (κ3) is 5.66. The van der Waals surface area contributed by atoms with Gasteiger partial charge in [0.1, 0.15) is 17.2 Å². The Bertz CT molecular complexity index is 1160. The van der Waals surface area contributed by atoms with Gasteiger partial charge in [-0.15, -0.1) is 0 Å². The van der Waals surface area contributed by atoms with Crippen molar-refractivity contribution in [2.45, 2.75) is 24.6 Å². The van der Waals surface area contributed by atoms with Crippen molar-refractivity contribution in [1.82, 2.24) is 15.0 Å². The number of hydrogen-bond acceptors (Lipinski definition) is 6. The Balaban J connectivity index is 0.000000383. The van der Waals surface area contributed by atoms with E-state index in [-0.39, 0.29) is 11.5 Å². The zero-order valence-electron chi connectivity index (χ0n) is 16.7. The third-order valence-corrected chi connectivity index (χ3v) is 4.98. The highest BCUT2D eigenvalue weighted by Crippen LogP contribution is 2.32. The summed E-state index contributed by atoms with van der Waals surface area (Å²) in [6.07, 6.45) is -1.41. The van der Waals surface area contributed by atoms with Gasteiger partial charge in [-0.3, -0.25) is 4.98 Å². The number of alkyl halides is 3. The number of carboxylic acid groups (broad SMARTS) is 1. The molecule has 4 rings (SSSR count). The average Bonchev–Trinajstić information content (AvgIpc) is 2.76. The highest BCUT2D eigenvalue weighted by atomic mass is 19.4. The van der Waals surface area contributed by atoms with Crippen LogP contribution in [0.3, 0.4) is 0 Å². The molecule has 13 heteroatoms. The van der Waals surface area contributed by atoms with Gasteiger partial charge in [-0.2, -0.15) is 13.2 Å². The highest BCUT2D eigenvalue weighted by molar-refractivity contribution is 5.73. The number of aliphatic carboxylic acids is 1. The van der Waals surface area contributed by atoms with Crippen molar-refractivity contribution >= 4 is 23.0 Å². The zero-order chi connectivity index (χ0) is 24.3. The normalized spacial score (nSPS) is 18.6. The molecule has 3 aromatic rings. The van der Waals surface area contributed by atoms with Crippen molar-refractivity contribution in [2.24, 2.45) is 5.73 Å². The summed E-state index contributed by atoms with van der Waals surface area (Å²) in [4.78, 5) is 23.7. The summed E-state index contributed by atoms with van der Waals surface area (Å²) in [6.45, 7) is 0.984. The monoisotopic (exact) mass is 473 g/mol. The summed E-state index contributed by atoms with van der Waals surface area (Å²) in [6, 6.07) is 4.71. The molecule has 2 aromatic heterocycles. The Hall–Kier alpha value is -3.48. The molecule has 176 valence electrons. The van der Waals surface area contributed by atoms with E-state index < -0.39 is 35.6 Å². The smallest absolute Gasteiger partial charge is 0.475 e. The summed E-state index contributed by atoms with van der Waals surface area (Å²) in [7, 11) is 0. The van der Waals surface area contributed by atoms with Crippen LogP contribution in [-0.2, 0) is 4.79 Å². The molecular formula is C20H17F6N5O2.